The number of hydrogen-bond acceptors (Lipinski definition) is 10. The van der Waals surface area contributed by atoms with Crippen molar-refractivity contribution < 1.29 is 38.6 Å². The Morgan fingerprint density at radius 2 is 1.69 bits per heavy atom. The summed E-state index contributed by atoms with van der Waals surface area (Å²) in [6.07, 6.45) is -1.39. The van der Waals surface area contributed by atoms with Gasteiger partial charge in [0.1, 0.15) is 5.75 Å². The summed E-state index contributed by atoms with van der Waals surface area (Å²) >= 11 is 0. The average Bonchev–Trinajstić information content (AvgIpc) is 2.88. The predicted molar refractivity (Wildman–Crippen MR) is 140 cm³/mol. The Kier molecular flexibility index (Phi) is 9.80. The molecule has 2 aromatic rings. The standard InChI is InChI=1S/C28H32N2O9/c1-16-24(27(32)37-14-13-20-9-11-23(12-10-20)38-18(3)31)26(21-7-6-8-22(15-21)30(34)35)25(17(2)29-16)28(33)39-19(4)36-5/h6-12,15,18-19,26,29,31H,13-14H2,1-5H3. The number of carbonyl (C=O) groups is 2. The zero-order valence-corrected chi connectivity index (χ0v) is 22.4. The van der Waals surface area contributed by atoms with Crippen molar-refractivity contribution in [1.29, 1.82) is 0 Å². The van der Waals surface area contributed by atoms with Crippen LogP contribution in [-0.2, 0) is 30.2 Å². The van der Waals surface area contributed by atoms with Gasteiger partial charge >= 0.3 is 11.9 Å². The number of non-ortho nitro benzene ring substituents is 1. The van der Waals surface area contributed by atoms with Crippen molar-refractivity contribution in [2.24, 2.45) is 0 Å². The van der Waals surface area contributed by atoms with Crippen LogP contribution in [0.4, 0.5) is 5.69 Å². The van der Waals surface area contributed by atoms with E-state index in [9.17, 15) is 24.8 Å². The van der Waals surface area contributed by atoms with Gasteiger partial charge in [-0.05, 0) is 51.0 Å². The number of hydrogen-bond donors (Lipinski definition) is 2. The second-order valence-electron chi connectivity index (χ2n) is 8.94. The lowest BCUT2D eigenvalue weighted by Crippen LogP contribution is -2.33. The molecule has 3 unspecified atom stereocenters. The molecule has 3 atom stereocenters. The van der Waals surface area contributed by atoms with Crippen LogP contribution in [0.1, 0.15) is 44.7 Å². The van der Waals surface area contributed by atoms with E-state index in [0.717, 1.165) is 5.56 Å². The first kappa shape index (κ1) is 29.3. The van der Waals surface area contributed by atoms with Crippen LogP contribution >= 0.6 is 0 Å². The third kappa shape index (κ3) is 7.43. The van der Waals surface area contributed by atoms with E-state index in [-0.39, 0.29) is 23.4 Å². The minimum absolute atomic E-state index is 0.0388. The molecule has 2 N–H and O–H groups in total. The molecule has 0 fully saturated rings. The van der Waals surface area contributed by atoms with Gasteiger partial charge in [-0.2, -0.15) is 0 Å². The van der Waals surface area contributed by atoms with Gasteiger partial charge in [0.15, 0.2) is 12.6 Å². The van der Waals surface area contributed by atoms with Crippen LogP contribution < -0.4 is 10.1 Å². The molecule has 0 spiro atoms. The number of allylic oxidation sites excluding steroid dienone is 2. The normalized spacial score (nSPS) is 16.7. The molecule has 0 radical (unpaired) electrons. The second kappa shape index (κ2) is 13.0. The van der Waals surface area contributed by atoms with E-state index in [0.29, 0.717) is 29.1 Å². The van der Waals surface area contributed by atoms with Crippen LogP contribution in [-0.4, -0.2) is 48.3 Å². The first-order valence-electron chi connectivity index (χ1n) is 12.3. The monoisotopic (exact) mass is 540 g/mol. The van der Waals surface area contributed by atoms with Gasteiger partial charge in [-0.1, -0.05) is 24.3 Å². The average molecular weight is 541 g/mol. The summed E-state index contributed by atoms with van der Waals surface area (Å²) in [4.78, 5) is 37.6. The van der Waals surface area contributed by atoms with Crippen molar-refractivity contribution in [3.05, 3.63) is 92.3 Å². The minimum atomic E-state index is -0.980. The van der Waals surface area contributed by atoms with Crippen LogP contribution in [0.15, 0.2) is 71.1 Å². The van der Waals surface area contributed by atoms with E-state index in [4.69, 9.17) is 18.9 Å². The number of carbonyl (C=O) groups excluding carboxylic acids is 2. The zero-order chi connectivity index (χ0) is 28.7. The number of aliphatic hydroxyl groups is 1. The number of methoxy groups -OCH3 is 1. The smallest absolute Gasteiger partial charge is 0.339 e. The zero-order valence-electron chi connectivity index (χ0n) is 22.4. The summed E-state index contributed by atoms with van der Waals surface area (Å²) in [5, 5.41) is 23.9. The van der Waals surface area contributed by atoms with Crippen LogP contribution in [0.3, 0.4) is 0 Å². The number of nitrogens with zero attached hydrogens (tertiary/aromatic N) is 1. The van der Waals surface area contributed by atoms with Crippen LogP contribution in [0.25, 0.3) is 0 Å². The molecule has 1 heterocycles. The number of esters is 2. The molecule has 0 amide bonds. The van der Waals surface area contributed by atoms with Crippen molar-refractivity contribution in [3.63, 3.8) is 0 Å². The number of rotatable bonds is 11. The van der Waals surface area contributed by atoms with Crippen molar-refractivity contribution in [3.8, 4) is 5.75 Å². The molecule has 39 heavy (non-hydrogen) atoms. The summed E-state index contributed by atoms with van der Waals surface area (Å²) < 4.78 is 21.3. The van der Waals surface area contributed by atoms with Gasteiger partial charge in [0.05, 0.1) is 28.6 Å². The molecule has 1 aliphatic rings. The fraction of sp³-hybridized carbons (Fsp3) is 0.357. The van der Waals surface area contributed by atoms with Gasteiger partial charge in [0.2, 0.25) is 0 Å². The van der Waals surface area contributed by atoms with Gasteiger partial charge < -0.3 is 29.4 Å². The molecule has 2 aromatic carbocycles. The maximum atomic E-state index is 13.4. The van der Waals surface area contributed by atoms with Gasteiger partial charge in [-0.3, -0.25) is 10.1 Å². The Hall–Kier alpha value is -4.22. The van der Waals surface area contributed by atoms with Crippen LogP contribution in [0.5, 0.6) is 5.75 Å². The molecule has 3 rings (SSSR count). The molecular weight excluding hydrogens is 508 g/mol. The van der Waals surface area contributed by atoms with Crippen LogP contribution in [0.2, 0.25) is 0 Å². The maximum Gasteiger partial charge on any atom is 0.339 e. The maximum absolute atomic E-state index is 13.4. The van der Waals surface area contributed by atoms with E-state index in [1.54, 1.807) is 51.1 Å². The van der Waals surface area contributed by atoms with Gasteiger partial charge in [-0.25, -0.2) is 9.59 Å². The Morgan fingerprint density at radius 1 is 1.05 bits per heavy atom. The number of aliphatic hydroxyl groups excluding tert-OH is 1. The number of nitro groups is 1. The first-order valence-corrected chi connectivity index (χ1v) is 12.3. The summed E-state index contributed by atoms with van der Waals surface area (Å²) in [5.74, 6) is -1.89. The fourth-order valence-corrected chi connectivity index (χ4v) is 4.22. The lowest BCUT2D eigenvalue weighted by atomic mass is 9.80. The Morgan fingerprint density at radius 3 is 2.28 bits per heavy atom. The third-order valence-electron chi connectivity index (χ3n) is 6.07. The lowest BCUT2D eigenvalue weighted by Gasteiger charge is -2.31. The predicted octanol–water partition coefficient (Wildman–Crippen LogP) is 3.87. The number of nitro benzene ring substituents is 1. The molecule has 0 aliphatic carbocycles. The third-order valence-corrected chi connectivity index (χ3v) is 6.07. The lowest BCUT2D eigenvalue weighted by molar-refractivity contribution is -0.384. The highest BCUT2D eigenvalue weighted by molar-refractivity contribution is 6.00. The highest BCUT2D eigenvalue weighted by atomic mass is 16.7. The van der Waals surface area contributed by atoms with Crippen LogP contribution in [0, 0.1) is 10.1 Å². The van der Waals surface area contributed by atoms with E-state index >= 15 is 0 Å². The van der Waals surface area contributed by atoms with Gasteiger partial charge in [-0.15, -0.1) is 0 Å². The molecule has 0 saturated heterocycles. The van der Waals surface area contributed by atoms with E-state index < -0.39 is 35.4 Å². The summed E-state index contributed by atoms with van der Waals surface area (Å²) in [7, 11) is 1.39. The molecule has 0 bridgehead atoms. The molecule has 11 nitrogen and oxygen atoms in total. The van der Waals surface area contributed by atoms with Gasteiger partial charge in [0, 0.05) is 37.1 Å². The molecule has 0 saturated carbocycles. The number of dihydropyridines is 1. The van der Waals surface area contributed by atoms with E-state index in [1.807, 2.05) is 0 Å². The Labute approximate surface area is 226 Å². The molecule has 0 aromatic heterocycles. The highest BCUT2D eigenvalue weighted by Crippen LogP contribution is 2.40. The SMILES string of the molecule is COC(C)OC(=O)C1=C(C)NC(C)=C(C(=O)OCCc2ccc(OC(C)O)cc2)C1c1cccc([N+](=O)[O-])c1. The summed E-state index contributed by atoms with van der Waals surface area (Å²) in [5.41, 5.74) is 2.19. The summed E-state index contributed by atoms with van der Waals surface area (Å²) in [6.45, 7) is 6.42. The molecular formula is C28H32N2O9. The van der Waals surface area contributed by atoms with Crippen molar-refractivity contribution in [2.75, 3.05) is 13.7 Å². The Balaban J connectivity index is 1.89. The van der Waals surface area contributed by atoms with E-state index in [2.05, 4.69) is 5.32 Å². The Bertz CT molecular complexity index is 1280. The molecule has 208 valence electrons. The number of nitrogens with one attached hydrogen (secondary N) is 1. The van der Waals surface area contributed by atoms with E-state index in [1.165, 1.54) is 32.2 Å². The minimum Gasteiger partial charge on any atom is -0.465 e. The molecule has 11 heteroatoms. The highest BCUT2D eigenvalue weighted by Gasteiger charge is 2.39. The van der Waals surface area contributed by atoms with Gasteiger partial charge in [0.25, 0.3) is 5.69 Å². The fourth-order valence-electron chi connectivity index (χ4n) is 4.22. The van der Waals surface area contributed by atoms with Crippen molar-refractivity contribution in [2.45, 2.75) is 52.6 Å². The quantitative estimate of drug-likeness (QED) is 0.186. The number of benzene rings is 2. The second-order valence-corrected chi connectivity index (χ2v) is 8.94. The van der Waals surface area contributed by atoms with Crippen molar-refractivity contribution in [1.82, 2.24) is 5.32 Å². The topological polar surface area (TPSA) is 146 Å². The first-order chi connectivity index (χ1) is 18.5. The summed E-state index contributed by atoms with van der Waals surface area (Å²) in [6, 6.07) is 12.8. The number of ether oxygens (including phenoxy) is 4. The molecule has 1 aliphatic heterocycles. The van der Waals surface area contributed by atoms with Crippen molar-refractivity contribution >= 4 is 17.6 Å². The largest absolute Gasteiger partial charge is 0.465 e.